The predicted octanol–water partition coefficient (Wildman–Crippen LogP) is 1.11. The molecule has 0 aliphatic carbocycles. The fourth-order valence-corrected chi connectivity index (χ4v) is 2.65. The van der Waals surface area contributed by atoms with Gasteiger partial charge in [0.2, 0.25) is 5.75 Å². The van der Waals surface area contributed by atoms with E-state index in [2.05, 4.69) is 6.07 Å². The smallest absolute Gasteiger partial charge is 0.259 e. The van der Waals surface area contributed by atoms with Crippen molar-refractivity contribution in [2.24, 2.45) is 0 Å². The van der Waals surface area contributed by atoms with Crippen LogP contribution in [0, 0.1) is 11.3 Å². The molecule has 1 aliphatic rings. The van der Waals surface area contributed by atoms with Gasteiger partial charge in [0.1, 0.15) is 6.04 Å². The van der Waals surface area contributed by atoms with Gasteiger partial charge in [0.15, 0.2) is 11.5 Å². The zero-order chi connectivity index (χ0) is 16.4. The van der Waals surface area contributed by atoms with Crippen LogP contribution in [0.4, 0.5) is 0 Å². The molecule has 1 aromatic carbocycles. The van der Waals surface area contributed by atoms with Crippen LogP contribution in [0.15, 0.2) is 6.07 Å². The van der Waals surface area contributed by atoms with E-state index in [9.17, 15) is 15.2 Å². The summed E-state index contributed by atoms with van der Waals surface area (Å²) in [7, 11) is 4.33. The molecule has 2 rings (SSSR count). The van der Waals surface area contributed by atoms with Crippen molar-refractivity contribution in [1.29, 1.82) is 5.26 Å². The third-order valence-electron chi connectivity index (χ3n) is 3.52. The van der Waals surface area contributed by atoms with E-state index in [-0.39, 0.29) is 23.8 Å². The van der Waals surface area contributed by atoms with E-state index >= 15 is 0 Å². The summed E-state index contributed by atoms with van der Waals surface area (Å²) in [4.78, 5) is 14.0. The van der Waals surface area contributed by atoms with Gasteiger partial charge >= 0.3 is 0 Å². The quantitative estimate of drug-likeness (QED) is 0.876. The van der Waals surface area contributed by atoms with Crippen LogP contribution < -0.4 is 14.2 Å². The zero-order valence-electron chi connectivity index (χ0n) is 12.9. The van der Waals surface area contributed by atoms with E-state index in [1.807, 2.05) is 0 Å². The van der Waals surface area contributed by atoms with Gasteiger partial charge in [-0.1, -0.05) is 0 Å². The minimum atomic E-state index is -0.800. The lowest BCUT2D eigenvalue weighted by atomic mass is 10.0. The second-order valence-electron chi connectivity index (χ2n) is 4.95. The second-order valence-corrected chi connectivity index (χ2v) is 4.95. The molecule has 0 radical (unpaired) electrons. The number of nitriles is 1. The first-order valence-electron chi connectivity index (χ1n) is 6.71. The number of aliphatic hydroxyl groups excluding tert-OH is 1. The molecule has 1 heterocycles. The van der Waals surface area contributed by atoms with Gasteiger partial charge in [-0.2, -0.15) is 5.26 Å². The number of methoxy groups -OCH3 is 3. The molecule has 22 heavy (non-hydrogen) atoms. The van der Waals surface area contributed by atoms with E-state index in [1.165, 1.54) is 26.2 Å². The Hall–Kier alpha value is -2.46. The molecule has 1 aromatic rings. The van der Waals surface area contributed by atoms with Crippen LogP contribution in [0.3, 0.4) is 0 Å². The number of β-amino-alcohol motifs (C(OH)–C–C–N with tert-alkyl or cyclic N) is 1. The van der Waals surface area contributed by atoms with Gasteiger partial charge in [-0.3, -0.25) is 4.79 Å². The standard InChI is InChI=1S/C15H18N2O5/c1-8(18)7-17-10(6-16)9-5-11(20-2)13(21-3)14(22-4)12(9)15(17)19/h5,8,10,18H,7H2,1-4H3. The number of carbonyl (C=O) groups is 1. The summed E-state index contributed by atoms with van der Waals surface area (Å²) in [6.07, 6.45) is -0.746. The zero-order valence-corrected chi connectivity index (χ0v) is 12.9. The molecule has 1 aliphatic heterocycles. The van der Waals surface area contributed by atoms with Crippen LogP contribution in [-0.2, 0) is 0 Å². The fraction of sp³-hybridized carbons (Fsp3) is 0.467. The van der Waals surface area contributed by atoms with Gasteiger partial charge in [-0.25, -0.2) is 0 Å². The molecule has 2 unspecified atom stereocenters. The first kappa shape index (κ1) is 15.9. The van der Waals surface area contributed by atoms with E-state index in [0.717, 1.165) is 0 Å². The van der Waals surface area contributed by atoms with Gasteiger partial charge in [-0.15, -0.1) is 0 Å². The van der Waals surface area contributed by atoms with E-state index in [4.69, 9.17) is 14.2 Å². The maximum atomic E-state index is 12.6. The Labute approximate surface area is 128 Å². The molecule has 0 spiro atoms. The van der Waals surface area contributed by atoms with Crippen LogP contribution >= 0.6 is 0 Å². The monoisotopic (exact) mass is 306 g/mol. The molecule has 7 nitrogen and oxygen atoms in total. The summed E-state index contributed by atoms with van der Waals surface area (Å²) in [5, 5.41) is 19.0. The first-order valence-corrected chi connectivity index (χ1v) is 6.71. The summed E-state index contributed by atoms with van der Waals surface area (Å²) in [6.45, 7) is 1.61. The number of nitrogens with zero attached hydrogens (tertiary/aromatic N) is 2. The maximum Gasteiger partial charge on any atom is 0.259 e. The summed E-state index contributed by atoms with van der Waals surface area (Å²) in [5.41, 5.74) is 0.759. The predicted molar refractivity (Wildman–Crippen MR) is 77.2 cm³/mol. The van der Waals surface area contributed by atoms with Crippen molar-refractivity contribution in [3.63, 3.8) is 0 Å². The Morgan fingerprint density at radius 3 is 2.41 bits per heavy atom. The highest BCUT2D eigenvalue weighted by atomic mass is 16.5. The molecule has 1 amide bonds. The van der Waals surface area contributed by atoms with Gasteiger partial charge in [-0.05, 0) is 13.0 Å². The van der Waals surface area contributed by atoms with Crippen LogP contribution in [0.2, 0.25) is 0 Å². The highest BCUT2D eigenvalue weighted by Crippen LogP contribution is 2.48. The third-order valence-corrected chi connectivity index (χ3v) is 3.52. The van der Waals surface area contributed by atoms with Crippen LogP contribution in [-0.4, -0.2) is 49.9 Å². The van der Waals surface area contributed by atoms with Crippen LogP contribution in [0.25, 0.3) is 0 Å². The number of fused-ring (bicyclic) bond motifs is 1. The second kappa shape index (κ2) is 6.12. The molecule has 2 atom stereocenters. The Morgan fingerprint density at radius 2 is 1.95 bits per heavy atom. The molecular formula is C15H18N2O5. The summed E-state index contributed by atoms with van der Waals surface area (Å²) in [6, 6.07) is 2.89. The van der Waals surface area contributed by atoms with Crippen molar-refractivity contribution in [1.82, 2.24) is 4.90 Å². The number of ether oxygens (including phenoxy) is 3. The fourth-order valence-electron chi connectivity index (χ4n) is 2.65. The molecule has 0 saturated carbocycles. The Balaban J connectivity index is 2.67. The van der Waals surface area contributed by atoms with E-state index in [0.29, 0.717) is 17.1 Å². The van der Waals surface area contributed by atoms with Crippen molar-refractivity contribution in [2.45, 2.75) is 19.1 Å². The average Bonchev–Trinajstić information content (AvgIpc) is 2.76. The summed E-state index contributed by atoms with van der Waals surface area (Å²) >= 11 is 0. The van der Waals surface area contributed by atoms with Crippen molar-refractivity contribution in [3.8, 4) is 23.3 Å². The van der Waals surface area contributed by atoms with Gasteiger partial charge in [0.05, 0.1) is 39.1 Å². The minimum Gasteiger partial charge on any atom is -0.493 e. The third kappa shape index (κ3) is 2.31. The number of hydrogen-bond donors (Lipinski definition) is 1. The van der Waals surface area contributed by atoms with Crippen LogP contribution in [0.5, 0.6) is 17.2 Å². The average molecular weight is 306 g/mol. The largest absolute Gasteiger partial charge is 0.493 e. The lowest BCUT2D eigenvalue weighted by Crippen LogP contribution is -2.33. The van der Waals surface area contributed by atoms with Gasteiger partial charge in [0, 0.05) is 12.1 Å². The van der Waals surface area contributed by atoms with Gasteiger partial charge in [0.25, 0.3) is 5.91 Å². The Bertz CT molecular complexity index is 636. The van der Waals surface area contributed by atoms with Gasteiger partial charge < -0.3 is 24.2 Å². The lowest BCUT2D eigenvalue weighted by Gasteiger charge is -2.21. The molecule has 0 bridgehead atoms. The number of carbonyl (C=O) groups excluding carboxylic acids is 1. The molecule has 118 valence electrons. The topological polar surface area (TPSA) is 92.0 Å². The van der Waals surface area contributed by atoms with E-state index in [1.54, 1.807) is 13.0 Å². The highest BCUT2D eigenvalue weighted by molar-refractivity contribution is 6.03. The number of rotatable bonds is 5. The van der Waals surface area contributed by atoms with E-state index < -0.39 is 12.1 Å². The SMILES string of the molecule is COc1cc2c(c(OC)c1OC)C(=O)N(CC(C)O)C2C#N. The summed E-state index contributed by atoms with van der Waals surface area (Å²) < 4.78 is 15.8. The Kier molecular flexibility index (Phi) is 4.43. The number of benzene rings is 1. The normalized spacial score (nSPS) is 17.7. The first-order chi connectivity index (χ1) is 10.5. The summed E-state index contributed by atoms with van der Waals surface area (Å²) in [5.74, 6) is 0.535. The number of aliphatic hydroxyl groups is 1. The molecule has 1 N–H and O–H groups in total. The van der Waals surface area contributed by atoms with Crippen molar-refractivity contribution >= 4 is 5.91 Å². The number of amides is 1. The van der Waals surface area contributed by atoms with Crippen molar-refractivity contribution < 1.29 is 24.1 Å². The molecule has 0 aromatic heterocycles. The minimum absolute atomic E-state index is 0.0551. The molecule has 0 fully saturated rings. The molecular weight excluding hydrogens is 288 g/mol. The maximum absolute atomic E-state index is 12.6. The highest BCUT2D eigenvalue weighted by Gasteiger charge is 2.42. The molecule has 0 saturated heterocycles. The van der Waals surface area contributed by atoms with Crippen molar-refractivity contribution in [2.75, 3.05) is 27.9 Å². The number of hydrogen-bond acceptors (Lipinski definition) is 6. The Morgan fingerprint density at radius 1 is 1.32 bits per heavy atom. The van der Waals surface area contributed by atoms with Crippen molar-refractivity contribution in [3.05, 3.63) is 17.2 Å². The van der Waals surface area contributed by atoms with Crippen LogP contribution in [0.1, 0.15) is 28.9 Å². The molecule has 7 heteroatoms. The lowest BCUT2D eigenvalue weighted by molar-refractivity contribution is 0.0639.